The average Bonchev–Trinajstić information content (AvgIpc) is 3.19. The van der Waals surface area contributed by atoms with Crippen LogP contribution in [0.3, 0.4) is 0 Å². The first kappa shape index (κ1) is 20.6. The second-order valence-corrected chi connectivity index (χ2v) is 9.21. The Morgan fingerprint density at radius 3 is 2.68 bits per heavy atom. The second kappa shape index (κ2) is 7.36. The summed E-state index contributed by atoms with van der Waals surface area (Å²) in [7, 11) is -3.15. The molecule has 2 heterocycles. The lowest BCUT2D eigenvalue weighted by Gasteiger charge is -2.18. The number of nitrogens with zero attached hydrogens (tertiary/aromatic N) is 3. The van der Waals surface area contributed by atoms with Crippen molar-refractivity contribution in [1.82, 2.24) is 20.1 Å². The van der Waals surface area contributed by atoms with E-state index in [1.54, 1.807) is 6.92 Å². The molecule has 0 radical (unpaired) electrons. The van der Waals surface area contributed by atoms with Crippen LogP contribution >= 0.6 is 11.6 Å². The second-order valence-electron chi connectivity index (χ2n) is 6.54. The molecule has 0 saturated carbocycles. The number of nitrogens with one attached hydrogen (secondary N) is 1. The molecule has 1 saturated heterocycles. The Bertz CT molecular complexity index is 1010. The molecule has 152 valence electrons. The van der Waals surface area contributed by atoms with E-state index in [4.69, 9.17) is 11.6 Å². The molecule has 0 aliphatic carbocycles. The van der Waals surface area contributed by atoms with Crippen molar-refractivity contribution in [3.8, 4) is 0 Å². The maximum absolute atomic E-state index is 12.9. The fourth-order valence-corrected chi connectivity index (χ4v) is 4.97. The summed E-state index contributed by atoms with van der Waals surface area (Å²) in [4.78, 5) is 16.5. The molecule has 2 atom stereocenters. The topological polar surface area (TPSA) is 93.9 Å². The van der Waals surface area contributed by atoms with Gasteiger partial charge in [0, 0.05) is 10.6 Å². The van der Waals surface area contributed by atoms with Crippen molar-refractivity contribution in [2.24, 2.45) is 0 Å². The first-order valence-corrected chi connectivity index (χ1v) is 10.4. The first-order chi connectivity index (χ1) is 13.0. The van der Waals surface area contributed by atoms with Crippen molar-refractivity contribution in [1.29, 1.82) is 0 Å². The van der Waals surface area contributed by atoms with E-state index in [-0.39, 0.29) is 22.1 Å². The van der Waals surface area contributed by atoms with Gasteiger partial charge in [0.05, 0.1) is 29.2 Å². The fourth-order valence-electron chi connectivity index (χ4n) is 3.05. The number of sulfone groups is 1. The zero-order chi connectivity index (χ0) is 20.7. The molecular formula is C16H16ClF3N4O3S. The zero-order valence-electron chi connectivity index (χ0n) is 14.6. The van der Waals surface area contributed by atoms with Crippen LogP contribution in [0.25, 0.3) is 0 Å². The molecule has 1 aliphatic heterocycles. The number of hydrogen-bond donors (Lipinski definition) is 1. The SMILES string of the molecule is C[C@H](NC(=O)c1cc(Cl)cc(C(F)(F)F)c1)c1ncnn1C1CCS(=O)(=O)C1. The molecule has 1 aliphatic rings. The predicted octanol–water partition coefficient (Wildman–Crippen LogP) is 2.80. The fraction of sp³-hybridized carbons (Fsp3) is 0.438. The van der Waals surface area contributed by atoms with Gasteiger partial charge in [-0.3, -0.25) is 4.79 Å². The van der Waals surface area contributed by atoms with Crippen molar-refractivity contribution in [3.05, 3.63) is 46.5 Å². The van der Waals surface area contributed by atoms with E-state index >= 15 is 0 Å². The highest BCUT2D eigenvalue weighted by Crippen LogP contribution is 2.32. The Labute approximate surface area is 163 Å². The summed E-state index contributed by atoms with van der Waals surface area (Å²) in [6, 6.07) is 1.46. The van der Waals surface area contributed by atoms with Gasteiger partial charge in [-0.05, 0) is 31.5 Å². The Hall–Kier alpha value is -2.14. The van der Waals surface area contributed by atoms with Crippen LogP contribution in [0.2, 0.25) is 5.02 Å². The maximum Gasteiger partial charge on any atom is 0.416 e. The molecule has 1 unspecified atom stereocenters. The Morgan fingerprint density at radius 2 is 2.07 bits per heavy atom. The molecule has 28 heavy (non-hydrogen) atoms. The van der Waals surface area contributed by atoms with Crippen LogP contribution in [-0.2, 0) is 16.0 Å². The van der Waals surface area contributed by atoms with Crippen LogP contribution in [0.15, 0.2) is 24.5 Å². The number of amides is 1. The minimum Gasteiger partial charge on any atom is -0.342 e. The normalized spacial score (nSPS) is 20.1. The summed E-state index contributed by atoms with van der Waals surface area (Å²) in [5, 5.41) is 6.38. The molecule has 3 rings (SSSR count). The molecule has 0 bridgehead atoms. The van der Waals surface area contributed by atoms with E-state index in [1.807, 2.05) is 0 Å². The minimum absolute atomic E-state index is 0.0421. The van der Waals surface area contributed by atoms with Gasteiger partial charge >= 0.3 is 6.18 Å². The van der Waals surface area contributed by atoms with Crippen LogP contribution in [0.4, 0.5) is 13.2 Å². The van der Waals surface area contributed by atoms with Crippen LogP contribution in [0.5, 0.6) is 0 Å². The lowest BCUT2D eigenvalue weighted by Crippen LogP contribution is -2.30. The summed E-state index contributed by atoms with van der Waals surface area (Å²) >= 11 is 5.71. The number of alkyl halides is 3. The van der Waals surface area contributed by atoms with E-state index in [0.717, 1.165) is 12.1 Å². The van der Waals surface area contributed by atoms with Crippen molar-refractivity contribution < 1.29 is 26.4 Å². The summed E-state index contributed by atoms with van der Waals surface area (Å²) < 4.78 is 63.6. The van der Waals surface area contributed by atoms with Crippen molar-refractivity contribution in [2.75, 3.05) is 11.5 Å². The Kier molecular flexibility index (Phi) is 5.41. The monoisotopic (exact) mass is 436 g/mol. The lowest BCUT2D eigenvalue weighted by molar-refractivity contribution is -0.137. The highest BCUT2D eigenvalue weighted by molar-refractivity contribution is 7.91. The summed E-state index contributed by atoms with van der Waals surface area (Å²) in [6.45, 7) is 1.58. The van der Waals surface area contributed by atoms with Gasteiger partial charge in [-0.1, -0.05) is 11.6 Å². The van der Waals surface area contributed by atoms with E-state index in [2.05, 4.69) is 15.4 Å². The van der Waals surface area contributed by atoms with E-state index in [9.17, 15) is 26.4 Å². The molecule has 1 aromatic carbocycles. The van der Waals surface area contributed by atoms with Gasteiger partial charge in [0.2, 0.25) is 0 Å². The minimum atomic E-state index is -4.64. The molecule has 12 heteroatoms. The molecule has 1 amide bonds. The van der Waals surface area contributed by atoms with E-state index in [1.165, 1.54) is 11.0 Å². The Morgan fingerprint density at radius 1 is 1.36 bits per heavy atom. The number of halogens is 4. The van der Waals surface area contributed by atoms with Crippen LogP contribution < -0.4 is 5.32 Å². The van der Waals surface area contributed by atoms with Gasteiger partial charge < -0.3 is 5.32 Å². The predicted molar refractivity (Wildman–Crippen MR) is 94.7 cm³/mol. The van der Waals surface area contributed by atoms with Crippen molar-refractivity contribution in [2.45, 2.75) is 31.6 Å². The van der Waals surface area contributed by atoms with Crippen molar-refractivity contribution in [3.63, 3.8) is 0 Å². The Balaban J connectivity index is 1.79. The van der Waals surface area contributed by atoms with E-state index in [0.29, 0.717) is 18.3 Å². The molecule has 2 aromatic rings. The molecule has 1 fully saturated rings. The molecule has 0 spiro atoms. The van der Waals surface area contributed by atoms with Gasteiger partial charge in [-0.25, -0.2) is 18.1 Å². The third-order valence-electron chi connectivity index (χ3n) is 4.38. The van der Waals surface area contributed by atoms with Crippen LogP contribution in [-0.4, -0.2) is 40.6 Å². The zero-order valence-corrected chi connectivity index (χ0v) is 16.1. The highest BCUT2D eigenvalue weighted by atomic mass is 35.5. The number of benzene rings is 1. The molecule has 7 nitrogen and oxygen atoms in total. The quantitative estimate of drug-likeness (QED) is 0.795. The summed E-state index contributed by atoms with van der Waals surface area (Å²) in [5.74, 6) is -0.490. The maximum atomic E-state index is 12.9. The standard InChI is InChI=1S/C16H16ClF3N4O3S/c1-9(14-21-8-22-24(14)13-2-3-28(26,27)7-13)23-15(25)10-4-11(16(18,19)20)6-12(17)5-10/h4-6,8-9,13H,2-3,7H2,1H3,(H,23,25)/t9-,13?/m0/s1. The number of carbonyl (C=O) groups excluding carboxylic acids is 1. The molecular weight excluding hydrogens is 421 g/mol. The number of hydrogen-bond acceptors (Lipinski definition) is 5. The third-order valence-corrected chi connectivity index (χ3v) is 6.35. The van der Waals surface area contributed by atoms with Gasteiger partial charge in [0.25, 0.3) is 5.91 Å². The van der Waals surface area contributed by atoms with Gasteiger partial charge in [-0.15, -0.1) is 0 Å². The average molecular weight is 437 g/mol. The largest absolute Gasteiger partial charge is 0.416 e. The van der Waals surface area contributed by atoms with Gasteiger partial charge in [0.1, 0.15) is 12.2 Å². The first-order valence-electron chi connectivity index (χ1n) is 8.25. The number of aromatic nitrogens is 3. The van der Waals surface area contributed by atoms with E-state index < -0.39 is 39.6 Å². The number of carbonyl (C=O) groups is 1. The molecule has 1 aromatic heterocycles. The van der Waals surface area contributed by atoms with Gasteiger partial charge in [0.15, 0.2) is 9.84 Å². The molecule has 1 N–H and O–H groups in total. The van der Waals surface area contributed by atoms with Crippen LogP contribution in [0.1, 0.15) is 47.2 Å². The lowest BCUT2D eigenvalue weighted by atomic mass is 10.1. The highest BCUT2D eigenvalue weighted by Gasteiger charge is 2.33. The van der Waals surface area contributed by atoms with Crippen molar-refractivity contribution >= 4 is 27.3 Å². The van der Waals surface area contributed by atoms with Gasteiger partial charge in [-0.2, -0.15) is 18.3 Å². The number of rotatable bonds is 4. The summed E-state index contributed by atoms with van der Waals surface area (Å²) in [5.41, 5.74) is -1.28. The third kappa shape index (κ3) is 4.46. The van der Waals surface area contributed by atoms with Crippen LogP contribution in [0, 0.1) is 0 Å². The smallest absolute Gasteiger partial charge is 0.342 e. The summed E-state index contributed by atoms with van der Waals surface area (Å²) in [6.07, 6.45) is -3.02.